The van der Waals surface area contributed by atoms with E-state index in [9.17, 15) is 8.78 Å². The Hall–Kier alpha value is -0.920. The highest BCUT2D eigenvalue weighted by atomic mass is 19.3. The molecule has 0 aliphatic rings. The summed E-state index contributed by atoms with van der Waals surface area (Å²) >= 11 is 0. The first kappa shape index (κ1) is 7.19. The molecule has 0 aromatic heterocycles. The van der Waals surface area contributed by atoms with Crippen LogP contribution in [0.2, 0.25) is 0 Å². The lowest BCUT2D eigenvalue weighted by atomic mass is 10.2. The van der Waals surface area contributed by atoms with Crippen LogP contribution in [0.5, 0.6) is 0 Å². The third kappa shape index (κ3) is 2.13. The lowest BCUT2D eigenvalue weighted by Crippen LogP contribution is -1.91. The molecule has 0 heterocycles. The van der Waals surface area contributed by atoms with Crippen molar-refractivity contribution in [3.05, 3.63) is 42.3 Å². The minimum Gasteiger partial charge on any atom is -0.210 e. The molecule has 0 spiro atoms. The second kappa shape index (κ2) is 3.30. The lowest BCUT2D eigenvalue weighted by Gasteiger charge is -1.96. The molecule has 0 saturated carbocycles. The van der Waals surface area contributed by atoms with E-state index in [0.717, 1.165) is 6.42 Å². The molecule has 1 aromatic carbocycles. The summed E-state index contributed by atoms with van der Waals surface area (Å²) in [4.78, 5) is 0. The van der Waals surface area contributed by atoms with Crippen molar-refractivity contribution in [2.45, 2.75) is 6.43 Å². The van der Waals surface area contributed by atoms with E-state index in [0.29, 0.717) is 5.56 Å². The normalized spacial score (nSPS) is 10.3. The number of benzene rings is 1. The Morgan fingerprint density at radius 2 is 1.70 bits per heavy atom. The van der Waals surface area contributed by atoms with Crippen molar-refractivity contribution in [2.75, 3.05) is 0 Å². The molecule has 1 rings (SSSR count). The summed E-state index contributed by atoms with van der Waals surface area (Å²) in [6, 6.07) is 8.55. The minimum absolute atomic E-state index is 0.567. The number of hydrogen-bond donors (Lipinski definition) is 0. The smallest absolute Gasteiger partial charge is 0.210 e. The summed E-state index contributed by atoms with van der Waals surface area (Å²) in [5.74, 6) is 0. The van der Waals surface area contributed by atoms with Crippen LogP contribution < -0.4 is 0 Å². The van der Waals surface area contributed by atoms with Gasteiger partial charge in [-0.25, -0.2) is 8.78 Å². The standard InChI is InChI=1S/C8H7F2/c9-8(10)6-7-4-2-1-3-5-7/h1-6,8H. The van der Waals surface area contributed by atoms with Gasteiger partial charge in [0.1, 0.15) is 0 Å². The van der Waals surface area contributed by atoms with Gasteiger partial charge in [-0.15, -0.1) is 0 Å². The molecule has 53 valence electrons. The minimum atomic E-state index is -2.36. The zero-order valence-electron chi connectivity index (χ0n) is 5.30. The highest BCUT2D eigenvalue weighted by molar-refractivity contribution is 5.22. The molecule has 0 atom stereocenters. The Bertz CT molecular complexity index is 182. The molecule has 0 fully saturated rings. The number of hydrogen-bond acceptors (Lipinski definition) is 0. The number of alkyl halides is 2. The maximum Gasteiger partial charge on any atom is 0.246 e. The molecule has 0 N–H and O–H groups in total. The van der Waals surface area contributed by atoms with Gasteiger partial charge in [0.25, 0.3) is 0 Å². The van der Waals surface area contributed by atoms with Gasteiger partial charge in [0.05, 0.1) is 6.42 Å². The molecule has 0 unspecified atom stereocenters. The van der Waals surface area contributed by atoms with Crippen molar-refractivity contribution in [3.63, 3.8) is 0 Å². The molecular formula is C8H7F2. The predicted octanol–water partition coefficient (Wildman–Crippen LogP) is 2.50. The van der Waals surface area contributed by atoms with Crippen LogP contribution in [0, 0.1) is 6.42 Å². The molecule has 2 heteroatoms. The fourth-order valence-corrected chi connectivity index (χ4v) is 0.710. The van der Waals surface area contributed by atoms with Crippen molar-refractivity contribution in [2.24, 2.45) is 0 Å². The summed E-state index contributed by atoms with van der Waals surface area (Å²) in [6.07, 6.45) is -1.44. The van der Waals surface area contributed by atoms with Gasteiger partial charge in [0.15, 0.2) is 0 Å². The molecule has 0 saturated heterocycles. The van der Waals surface area contributed by atoms with Crippen molar-refractivity contribution < 1.29 is 8.78 Å². The molecule has 0 nitrogen and oxygen atoms in total. The van der Waals surface area contributed by atoms with Gasteiger partial charge in [0.2, 0.25) is 6.43 Å². The van der Waals surface area contributed by atoms with Crippen LogP contribution in [-0.2, 0) is 0 Å². The molecule has 0 aliphatic carbocycles. The van der Waals surface area contributed by atoms with E-state index in [1.54, 1.807) is 30.3 Å². The molecule has 0 amide bonds. The van der Waals surface area contributed by atoms with Crippen LogP contribution >= 0.6 is 0 Å². The Kier molecular flexibility index (Phi) is 2.37. The Morgan fingerprint density at radius 3 is 2.20 bits per heavy atom. The predicted molar refractivity (Wildman–Crippen MR) is 35.8 cm³/mol. The van der Waals surface area contributed by atoms with Crippen LogP contribution in [0.3, 0.4) is 0 Å². The van der Waals surface area contributed by atoms with Crippen LogP contribution in [0.15, 0.2) is 30.3 Å². The topological polar surface area (TPSA) is 0 Å². The average Bonchev–Trinajstić information content (AvgIpc) is 1.88. The lowest BCUT2D eigenvalue weighted by molar-refractivity contribution is 0.189. The molecule has 0 aliphatic heterocycles. The van der Waals surface area contributed by atoms with Crippen molar-refractivity contribution >= 4 is 0 Å². The largest absolute Gasteiger partial charge is 0.246 e. The fraction of sp³-hybridized carbons (Fsp3) is 0.125. The molecule has 1 aromatic rings. The molecule has 0 bridgehead atoms. The maximum absolute atomic E-state index is 11.7. The Labute approximate surface area is 58.5 Å². The van der Waals surface area contributed by atoms with Crippen LogP contribution in [-0.4, -0.2) is 6.43 Å². The molecular weight excluding hydrogens is 134 g/mol. The monoisotopic (exact) mass is 141 g/mol. The highest BCUT2D eigenvalue weighted by Crippen LogP contribution is 2.08. The average molecular weight is 141 g/mol. The second-order valence-corrected chi connectivity index (χ2v) is 1.91. The van der Waals surface area contributed by atoms with Crippen LogP contribution in [0.25, 0.3) is 0 Å². The first-order chi connectivity index (χ1) is 4.79. The highest BCUT2D eigenvalue weighted by Gasteiger charge is 2.02. The first-order valence-corrected chi connectivity index (χ1v) is 2.97. The first-order valence-electron chi connectivity index (χ1n) is 2.97. The van der Waals surface area contributed by atoms with E-state index in [-0.39, 0.29) is 0 Å². The number of rotatable bonds is 2. The van der Waals surface area contributed by atoms with E-state index >= 15 is 0 Å². The van der Waals surface area contributed by atoms with E-state index in [1.165, 1.54) is 0 Å². The summed E-state index contributed by atoms with van der Waals surface area (Å²) in [6.45, 7) is 0. The molecule has 10 heavy (non-hydrogen) atoms. The molecule has 1 radical (unpaired) electrons. The Morgan fingerprint density at radius 1 is 1.10 bits per heavy atom. The van der Waals surface area contributed by atoms with Gasteiger partial charge < -0.3 is 0 Å². The maximum atomic E-state index is 11.7. The SMILES string of the molecule is FC(F)[CH]c1ccccc1. The summed E-state index contributed by atoms with van der Waals surface area (Å²) in [5, 5.41) is 0. The van der Waals surface area contributed by atoms with Crippen molar-refractivity contribution in [1.82, 2.24) is 0 Å². The van der Waals surface area contributed by atoms with Gasteiger partial charge in [-0.05, 0) is 5.56 Å². The van der Waals surface area contributed by atoms with Gasteiger partial charge in [-0.1, -0.05) is 30.3 Å². The zero-order chi connectivity index (χ0) is 7.40. The summed E-state index contributed by atoms with van der Waals surface area (Å²) in [5.41, 5.74) is 0.567. The van der Waals surface area contributed by atoms with Crippen LogP contribution in [0.4, 0.5) is 8.78 Å². The van der Waals surface area contributed by atoms with Gasteiger partial charge in [0, 0.05) is 0 Å². The van der Waals surface area contributed by atoms with E-state index in [1.807, 2.05) is 0 Å². The van der Waals surface area contributed by atoms with Crippen molar-refractivity contribution in [1.29, 1.82) is 0 Å². The quantitative estimate of drug-likeness (QED) is 0.593. The van der Waals surface area contributed by atoms with Crippen LogP contribution in [0.1, 0.15) is 5.56 Å². The van der Waals surface area contributed by atoms with Gasteiger partial charge in [-0.2, -0.15) is 0 Å². The van der Waals surface area contributed by atoms with E-state index < -0.39 is 6.43 Å². The number of halogens is 2. The van der Waals surface area contributed by atoms with E-state index in [4.69, 9.17) is 0 Å². The fourth-order valence-electron chi connectivity index (χ4n) is 0.710. The summed E-state index contributed by atoms with van der Waals surface area (Å²) in [7, 11) is 0. The van der Waals surface area contributed by atoms with Crippen molar-refractivity contribution in [3.8, 4) is 0 Å². The van der Waals surface area contributed by atoms with Gasteiger partial charge in [-0.3, -0.25) is 0 Å². The second-order valence-electron chi connectivity index (χ2n) is 1.91. The zero-order valence-corrected chi connectivity index (χ0v) is 5.30. The Balaban J connectivity index is 2.59. The third-order valence-corrected chi connectivity index (χ3v) is 1.12. The van der Waals surface area contributed by atoms with Gasteiger partial charge >= 0.3 is 0 Å². The van der Waals surface area contributed by atoms with E-state index in [2.05, 4.69) is 0 Å². The third-order valence-electron chi connectivity index (χ3n) is 1.12. The summed E-state index contributed by atoms with van der Waals surface area (Å²) < 4.78 is 23.3.